The molecule has 1 saturated heterocycles. The van der Waals surface area contributed by atoms with Gasteiger partial charge in [0.1, 0.15) is 0 Å². The minimum absolute atomic E-state index is 0.214. The monoisotopic (exact) mass is 333 g/mol. The number of amides is 2. The Morgan fingerprint density at radius 3 is 2.58 bits per heavy atom. The smallest absolute Gasteiger partial charge is 0.314 e. The number of rotatable bonds is 7. The maximum atomic E-state index is 11.8. The van der Waals surface area contributed by atoms with Gasteiger partial charge in [-0.1, -0.05) is 36.8 Å². The third-order valence-corrected chi connectivity index (χ3v) is 4.66. The molecular weight excluding hydrogens is 302 g/mol. The van der Waals surface area contributed by atoms with E-state index >= 15 is 0 Å². The lowest BCUT2D eigenvalue weighted by molar-refractivity contribution is 0.0920. The summed E-state index contributed by atoms with van der Waals surface area (Å²) in [6, 6.07) is 8.10. The predicted octanol–water partition coefficient (Wildman–Crippen LogP) is 1.93. The second-order valence-electron chi connectivity index (χ2n) is 7.01. The number of nitrogens with one attached hydrogen (secondary N) is 2. The van der Waals surface area contributed by atoms with Crippen LogP contribution in [0.4, 0.5) is 4.79 Å². The molecule has 1 atom stereocenters. The number of carbonyl (C=O) groups is 1. The van der Waals surface area contributed by atoms with Crippen LogP contribution in [-0.4, -0.2) is 54.9 Å². The Labute approximate surface area is 145 Å². The van der Waals surface area contributed by atoms with Crippen molar-refractivity contribution in [3.05, 3.63) is 35.4 Å². The fourth-order valence-corrected chi connectivity index (χ4v) is 2.96. The van der Waals surface area contributed by atoms with Gasteiger partial charge < -0.3 is 20.6 Å². The summed E-state index contributed by atoms with van der Waals surface area (Å²) in [7, 11) is 0. The van der Waals surface area contributed by atoms with Crippen LogP contribution in [0, 0.1) is 12.8 Å². The van der Waals surface area contributed by atoms with Crippen molar-refractivity contribution >= 4 is 6.03 Å². The van der Waals surface area contributed by atoms with E-state index in [1.54, 1.807) is 0 Å². The molecule has 3 N–H and O–H groups in total. The topological polar surface area (TPSA) is 64.6 Å². The lowest BCUT2D eigenvalue weighted by Gasteiger charge is -2.31. The molecule has 0 bridgehead atoms. The lowest BCUT2D eigenvalue weighted by Crippen LogP contribution is -2.45. The number of β-amino-alcohol motifs (C(OH)–C–C–N with tert-alkyl or cyclic N) is 1. The zero-order valence-corrected chi connectivity index (χ0v) is 14.9. The maximum absolute atomic E-state index is 11.8. The van der Waals surface area contributed by atoms with Crippen LogP contribution in [0.3, 0.4) is 0 Å². The number of nitrogens with zero attached hydrogens (tertiary/aromatic N) is 1. The molecule has 0 aliphatic carbocycles. The number of piperidine rings is 1. The molecule has 0 aromatic heterocycles. The van der Waals surface area contributed by atoms with E-state index in [0.717, 1.165) is 25.4 Å². The van der Waals surface area contributed by atoms with Crippen molar-refractivity contribution in [2.24, 2.45) is 5.92 Å². The summed E-state index contributed by atoms with van der Waals surface area (Å²) in [6.45, 7) is 7.94. The molecule has 2 amide bonds. The number of likely N-dealkylation sites (tertiary alicyclic amines) is 1. The van der Waals surface area contributed by atoms with Gasteiger partial charge in [0, 0.05) is 19.6 Å². The zero-order valence-electron chi connectivity index (χ0n) is 14.9. The van der Waals surface area contributed by atoms with Crippen LogP contribution >= 0.6 is 0 Å². The molecular formula is C19H31N3O2. The average Bonchev–Trinajstić information content (AvgIpc) is 2.57. The summed E-state index contributed by atoms with van der Waals surface area (Å²) in [5, 5.41) is 15.6. The summed E-state index contributed by atoms with van der Waals surface area (Å²) in [6.07, 6.45) is 2.68. The van der Waals surface area contributed by atoms with Gasteiger partial charge in [-0.15, -0.1) is 0 Å². The van der Waals surface area contributed by atoms with Crippen molar-refractivity contribution in [3.63, 3.8) is 0 Å². The first-order chi connectivity index (χ1) is 11.5. The number of carbonyl (C=O) groups excluding carboxylic acids is 1. The van der Waals surface area contributed by atoms with Crippen molar-refractivity contribution in [2.45, 2.75) is 39.2 Å². The summed E-state index contributed by atoms with van der Waals surface area (Å²) in [5.41, 5.74) is 2.45. The van der Waals surface area contributed by atoms with Gasteiger partial charge >= 0.3 is 6.03 Å². The Hall–Kier alpha value is -1.59. The highest BCUT2D eigenvalue weighted by atomic mass is 16.3. The maximum Gasteiger partial charge on any atom is 0.314 e. The number of aliphatic hydroxyl groups excluding tert-OH is 1. The highest BCUT2D eigenvalue weighted by Crippen LogP contribution is 2.15. The highest BCUT2D eigenvalue weighted by Gasteiger charge is 2.18. The first kappa shape index (κ1) is 18.7. The van der Waals surface area contributed by atoms with Crippen LogP contribution in [0.15, 0.2) is 24.3 Å². The average molecular weight is 333 g/mol. The Morgan fingerprint density at radius 1 is 1.25 bits per heavy atom. The van der Waals surface area contributed by atoms with Crippen LogP contribution < -0.4 is 10.6 Å². The van der Waals surface area contributed by atoms with Gasteiger partial charge in [-0.3, -0.25) is 0 Å². The largest absolute Gasteiger partial charge is 0.390 e. The van der Waals surface area contributed by atoms with Crippen LogP contribution in [0.25, 0.3) is 0 Å². The van der Waals surface area contributed by atoms with Crippen LogP contribution in [0.5, 0.6) is 0 Å². The van der Waals surface area contributed by atoms with Crippen molar-refractivity contribution < 1.29 is 9.90 Å². The molecule has 0 spiro atoms. The first-order valence-electron chi connectivity index (χ1n) is 9.00. The van der Waals surface area contributed by atoms with Gasteiger partial charge in [-0.05, 0) is 50.8 Å². The van der Waals surface area contributed by atoms with Crippen LogP contribution in [0.1, 0.15) is 30.9 Å². The highest BCUT2D eigenvalue weighted by molar-refractivity contribution is 5.73. The van der Waals surface area contributed by atoms with Crippen LogP contribution in [-0.2, 0) is 6.42 Å². The molecule has 5 heteroatoms. The van der Waals surface area contributed by atoms with E-state index in [0.29, 0.717) is 19.6 Å². The Bertz CT molecular complexity index is 496. The number of hydrogen-bond acceptors (Lipinski definition) is 3. The van der Waals surface area contributed by atoms with E-state index < -0.39 is 6.10 Å². The van der Waals surface area contributed by atoms with Gasteiger partial charge in [0.15, 0.2) is 0 Å². The lowest BCUT2D eigenvalue weighted by atomic mass is 9.99. The molecule has 1 unspecified atom stereocenters. The van der Waals surface area contributed by atoms with Gasteiger partial charge in [0.2, 0.25) is 0 Å². The molecule has 134 valence electrons. The van der Waals surface area contributed by atoms with Gasteiger partial charge in [-0.2, -0.15) is 0 Å². The minimum Gasteiger partial charge on any atom is -0.390 e. The van der Waals surface area contributed by atoms with E-state index in [-0.39, 0.29) is 6.03 Å². The molecule has 5 nitrogen and oxygen atoms in total. The zero-order chi connectivity index (χ0) is 17.4. The molecule has 0 saturated carbocycles. The SMILES string of the molecule is Cc1ccc(CCNC(=O)NCC(O)CN2CCC(C)CC2)cc1. The Kier molecular flexibility index (Phi) is 7.53. The number of hydrogen-bond donors (Lipinski definition) is 3. The van der Waals surface area contributed by atoms with Crippen LogP contribution in [0.2, 0.25) is 0 Å². The van der Waals surface area contributed by atoms with E-state index in [4.69, 9.17) is 0 Å². The molecule has 1 aromatic carbocycles. The number of aliphatic hydroxyl groups is 1. The molecule has 24 heavy (non-hydrogen) atoms. The van der Waals surface area contributed by atoms with E-state index in [2.05, 4.69) is 53.6 Å². The molecule has 1 aromatic rings. The number of aryl methyl sites for hydroxylation is 1. The normalized spacial score (nSPS) is 17.5. The summed E-state index contributed by atoms with van der Waals surface area (Å²) >= 11 is 0. The molecule has 0 radical (unpaired) electrons. The van der Waals surface area contributed by atoms with E-state index in [1.165, 1.54) is 24.0 Å². The van der Waals surface area contributed by atoms with E-state index in [1.807, 2.05) is 0 Å². The third-order valence-electron chi connectivity index (χ3n) is 4.66. The van der Waals surface area contributed by atoms with Crippen molar-refractivity contribution in [1.82, 2.24) is 15.5 Å². The molecule has 1 aliphatic rings. The third kappa shape index (κ3) is 6.89. The van der Waals surface area contributed by atoms with Gasteiger partial charge in [0.05, 0.1) is 6.10 Å². The first-order valence-corrected chi connectivity index (χ1v) is 9.00. The second kappa shape index (κ2) is 9.64. The fraction of sp³-hybridized carbons (Fsp3) is 0.632. The summed E-state index contributed by atoms with van der Waals surface area (Å²) < 4.78 is 0. The summed E-state index contributed by atoms with van der Waals surface area (Å²) in [4.78, 5) is 14.1. The molecule has 2 rings (SSSR count). The predicted molar refractivity (Wildman–Crippen MR) is 97.1 cm³/mol. The van der Waals surface area contributed by atoms with Crippen molar-refractivity contribution in [2.75, 3.05) is 32.7 Å². The van der Waals surface area contributed by atoms with Gasteiger partial charge in [-0.25, -0.2) is 4.79 Å². The fourth-order valence-electron chi connectivity index (χ4n) is 2.96. The number of benzene rings is 1. The quantitative estimate of drug-likeness (QED) is 0.714. The molecule has 1 fully saturated rings. The number of urea groups is 1. The van der Waals surface area contributed by atoms with Gasteiger partial charge in [0.25, 0.3) is 0 Å². The standard InChI is InChI=1S/C19H31N3O2/c1-15-3-5-17(6-4-15)7-10-20-19(24)21-13-18(23)14-22-11-8-16(2)9-12-22/h3-6,16,18,23H,7-14H2,1-2H3,(H2,20,21,24). The summed E-state index contributed by atoms with van der Waals surface area (Å²) in [5.74, 6) is 0.788. The second-order valence-corrected chi connectivity index (χ2v) is 7.01. The Balaban J connectivity index is 1.56. The Morgan fingerprint density at radius 2 is 1.92 bits per heavy atom. The molecule has 1 aliphatic heterocycles. The van der Waals surface area contributed by atoms with Crippen molar-refractivity contribution in [1.29, 1.82) is 0 Å². The molecule has 1 heterocycles. The minimum atomic E-state index is -0.513. The van der Waals surface area contributed by atoms with E-state index in [9.17, 15) is 9.90 Å². The van der Waals surface area contributed by atoms with Crippen molar-refractivity contribution in [3.8, 4) is 0 Å².